The van der Waals surface area contributed by atoms with Crippen molar-refractivity contribution in [1.29, 1.82) is 5.26 Å². The van der Waals surface area contributed by atoms with Crippen molar-refractivity contribution >= 4 is 5.97 Å². The van der Waals surface area contributed by atoms with Crippen LogP contribution in [0.4, 0.5) is 0 Å². The van der Waals surface area contributed by atoms with Gasteiger partial charge in [0.2, 0.25) is 0 Å². The molecule has 1 aliphatic rings. The van der Waals surface area contributed by atoms with Crippen LogP contribution in [-0.2, 0) is 9.53 Å². The summed E-state index contributed by atoms with van der Waals surface area (Å²) in [7, 11) is 0. The lowest BCUT2D eigenvalue weighted by molar-refractivity contribution is -0.166. The Labute approximate surface area is 91.4 Å². The number of nitriles is 1. The predicted molar refractivity (Wildman–Crippen MR) is 57.0 cm³/mol. The molecule has 1 aliphatic carbocycles. The molecule has 0 spiro atoms. The van der Waals surface area contributed by atoms with Crippen molar-refractivity contribution in [3.8, 4) is 6.07 Å². The van der Waals surface area contributed by atoms with E-state index in [4.69, 9.17) is 10.00 Å². The van der Waals surface area contributed by atoms with Crippen molar-refractivity contribution in [3.05, 3.63) is 0 Å². The van der Waals surface area contributed by atoms with Crippen molar-refractivity contribution in [3.63, 3.8) is 0 Å². The fraction of sp³-hybridized carbons (Fsp3) is 0.833. The number of rotatable bonds is 1. The van der Waals surface area contributed by atoms with Gasteiger partial charge in [0, 0.05) is 12.8 Å². The van der Waals surface area contributed by atoms with E-state index in [9.17, 15) is 4.79 Å². The highest BCUT2D eigenvalue weighted by Gasteiger charge is 2.38. The summed E-state index contributed by atoms with van der Waals surface area (Å²) in [4.78, 5) is 11.7. The number of hydrogen-bond acceptors (Lipinski definition) is 3. The van der Waals surface area contributed by atoms with E-state index < -0.39 is 11.0 Å². The van der Waals surface area contributed by atoms with Crippen LogP contribution in [0.3, 0.4) is 0 Å². The van der Waals surface area contributed by atoms with Crippen LogP contribution >= 0.6 is 0 Å². The van der Waals surface area contributed by atoms with E-state index in [1.807, 2.05) is 20.8 Å². The normalized spacial score (nSPS) is 20.4. The molecule has 0 aliphatic heterocycles. The SMILES string of the molecule is CC(C)(C)C(=O)OC1(C#N)CCCCC1. The smallest absolute Gasteiger partial charge is 0.312 e. The van der Waals surface area contributed by atoms with Crippen LogP contribution in [0, 0.1) is 16.7 Å². The molecular formula is C12H19NO2. The van der Waals surface area contributed by atoms with Gasteiger partial charge in [-0.15, -0.1) is 0 Å². The molecule has 0 amide bonds. The monoisotopic (exact) mass is 209 g/mol. The molecule has 1 rings (SSSR count). The lowest BCUT2D eigenvalue weighted by atomic mass is 9.85. The second-order valence-corrected chi connectivity index (χ2v) is 5.31. The highest BCUT2D eigenvalue weighted by molar-refractivity contribution is 5.76. The van der Waals surface area contributed by atoms with Crippen LogP contribution in [0.5, 0.6) is 0 Å². The molecule has 0 aromatic rings. The zero-order valence-electron chi connectivity index (χ0n) is 9.80. The molecule has 1 fully saturated rings. The molecule has 0 aromatic carbocycles. The van der Waals surface area contributed by atoms with E-state index in [0.29, 0.717) is 12.8 Å². The van der Waals surface area contributed by atoms with Gasteiger partial charge in [0.15, 0.2) is 5.60 Å². The van der Waals surface area contributed by atoms with Crippen molar-refractivity contribution in [2.75, 3.05) is 0 Å². The summed E-state index contributed by atoms with van der Waals surface area (Å²) in [6, 6.07) is 2.18. The number of nitrogens with zero attached hydrogens (tertiary/aromatic N) is 1. The summed E-state index contributed by atoms with van der Waals surface area (Å²) in [5, 5.41) is 9.13. The molecule has 1 saturated carbocycles. The third-order valence-electron chi connectivity index (χ3n) is 2.77. The van der Waals surface area contributed by atoms with E-state index in [2.05, 4.69) is 6.07 Å². The summed E-state index contributed by atoms with van der Waals surface area (Å²) in [6.45, 7) is 5.43. The fourth-order valence-corrected chi connectivity index (χ4v) is 1.69. The van der Waals surface area contributed by atoms with Crippen LogP contribution in [0.2, 0.25) is 0 Å². The largest absolute Gasteiger partial charge is 0.443 e. The first kappa shape index (κ1) is 12.0. The fourth-order valence-electron chi connectivity index (χ4n) is 1.69. The Balaban J connectivity index is 2.69. The number of esters is 1. The maximum absolute atomic E-state index is 11.7. The maximum atomic E-state index is 11.7. The van der Waals surface area contributed by atoms with Gasteiger partial charge in [-0.2, -0.15) is 5.26 Å². The Kier molecular flexibility index (Phi) is 3.38. The van der Waals surface area contributed by atoms with Gasteiger partial charge in [-0.3, -0.25) is 4.79 Å². The van der Waals surface area contributed by atoms with Crippen LogP contribution in [0.1, 0.15) is 52.9 Å². The first-order chi connectivity index (χ1) is 6.90. The Hall–Kier alpha value is -1.04. The molecule has 0 heterocycles. The molecule has 0 unspecified atom stereocenters. The van der Waals surface area contributed by atoms with Gasteiger partial charge in [-0.1, -0.05) is 6.42 Å². The van der Waals surface area contributed by atoms with E-state index in [-0.39, 0.29) is 5.97 Å². The Bertz CT molecular complexity index is 277. The van der Waals surface area contributed by atoms with E-state index >= 15 is 0 Å². The lowest BCUT2D eigenvalue weighted by Crippen LogP contribution is -2.39. The van der Waals surface area contributed by atoms with Crippen LogP contribution in [0.25, 0.3) is 0 Å². The second kappa shape index (κ2) is 4.22. The van der Waals surface area contributed by atoms with E-state index in [1.165, 1.54) is 0 Å². The van der Waals surface area contributed by atoms with E-state index in [1.54, 1.807) is 0 Å². The quantitative estimate of drug-likeness (QED) is 0.624. The number of carbonyl (C=O) groups excluding carboxylic acids is 1. The molecular weight excluding hydrogens is 190 g/mol. The highest BCUT2D eigenvalue weighted by atomic mass is 16.6. The Morgan fingerprint density at radius 1 is 1.27 bits per heavy atom. The van der Waals surface area contributed by atoms with Crippen molar-refractivity contribution < 1.29 is 9.53 Å². The standard InChI is InChI=1S/C12H19NO2/c1-11(2,3)10(14)15-12(9-13)7-5-4-6-8-12/h4-8H2,1-3H3. The van der Waals surface area contributed by atoms with Crippen LogP contribution in [-0.4, -0.2) is 11.6 Å². The Morgan fingerprint density at radius 2 is 1.80 bits per heavy atom. The summed E-state index contributed by atoms with van der Waals surface area (Å²) in [5.74, 6) is -0.272. The number of ether oxygens (including phenoxy) is 1. The molecule has 3 heteroatoms. The minimum Gasteiger partial charge on any atom is -0.443 e. The third kappa shape index (κ3) is 2.95. The molecule has 0 radical (unpaired) electrons. The number of carbonyl (C=O) groups is 1. The van der Waals surface area contributed by atoms with Crippen molar-refractivity contribution in [2.45, 2.75) is 58.5 Å². The first-order valence-electron chi connectivity index (χ1n) is 5.54. The topological polar surface area (TPSA) is 50.1 Å². The second-order valence-electron chi connectivity index (χ2n) is 5.31. The zero-order chi connectivity index (χ0) is 11.5. The molecule has 3 nitrogen and oxygen atoms in total. The highest BCUT2D eigenvalue weighted by Crippen LogP contribution is 2.33. The molecule has 84 valence electrons. The molecule has 0 atom stereocenters. The average molecular weight is 209 g/mol. The first-order valence-corrected chi connectivity index (χ1v) is 5.54. The van der Waals surface area contributed by atoms with Crippen molar-refractivity contribution in [2.24, 2.45) is 5.41 Å². The molecule has 15 heavy (non-hydrogen) atoms. The van der Waals surface area contributed by atoms with Crippen LogP contribution in [0.15, 0.2) is 0 Å². The van der Waals surface area contributed by atoms with Gasteiger partial charge in [0.1, 0.15) is 6.07 Å². The molecule has 0 aromatic heterocycles. The summed E-state index contributed by atoms with van der Waals surface area (Å²) < 4.78 is 5.39. The van der Waals surface area contributed by atoms with Gasteiger partial charge >= 0.3 is 5.97 Å². The van der Waals surface area contributed by atoms with Gasteiger partial charge < -0.3 is 4.74 Å². The summed E-state index contributed by atoms with van der Waals surface area (Å²) >= 11 is 0. The molecule has 0 saturated heterocycles. The third-order valence-corrected chi connectivity index (χ3v) is 2.77. The maximum Gasteiger partial charge on any atom is 0.312 e. The summed E-state index contributed by atoms with van der Waals surface area (Å²) in [6.07, 6.45) is 4.46. The minimum atomic E-state index is -0.845. The van der Waals surface area contributed by atoms with Gasteiger partial charge in [-0.05, 0) is 33.6 Å². The van der Waals surface area contributed by atoms with Gasteiger partial charge in [0.05, 0.1) is 5.41 Å². The van der Waals surface area contributed by atoms with Gasteiger partial charge in [-0.25, -0.2) is 0 Å². The Morgan fingerprint density at radius 3 is 2.20 bits per heavy atom. The zero-order valence-corrected chi connectivity index (χ0v) is 9.80. The minimum absolute atomic E-state index is 0.272. The average Bonchev–Trinajstić information content (AvgIpc) is 2.18. The molecule has 0 N–H and O–H groups in total. The van der Waals surface area contributed by atoms with Crippen molar-refractivity contribution in [1.82, 2.24) is 0 Å². The van der Waals surface area contributed by atoms with Crippen LogP contribution < -0.4 is 0 Å². The lowest BCUT2D eigenvalue weighted by Gasteiger charge is -2.32. The van der Waals surface area contributed by atoms with Gasteiger partial charge in [0.25, 0.3) is 0 Å². The molecule has 0 bridgehead atoms. The summed E-state index contributed by atoms with van der Waals surface area (Å²) in [5.41, 5.74) is -1.37. The van der Waals surface area contributed by atoms with E-state index in [0.717, 1.165) is 19.3 Å². The number of hydrogen-bond donors (Lipinski definition) is 0. The predicted octanol–water partition coefficient (Wildman–Crippen LogP) is 2.80.